The molecule has 0 radical (unpaired) electrons. The highest BCUT2D eigenvalue weighted by atomic mass is 16.5. The molecule has 3 rings (SSSR count). The molecule has 1 N–H and O–H groups in total. The summed E-state index contributed by atoms with van der Waals surface area (Å²) in [7, 11) is 4.74. The minimum absolute atomic E-state index is 0.0268. The fraction of sp³-hybridized carbons (Fsp3) is 0.200. The number of aryl methyl sites for hydroxylation is 1. The Labute approximate surface area is 137 Å². The van der Waals surface area contributed by atoms with Crippen LogP contribution in [0.25, 0.3) is 11.6 Å². The maximum atomic E-state index is 12.4. The molecule has 124 valence electrons. The molecule has 24 heavy (non-hydrogen) atoms. The fourth-order valence-corrected chi connectivity index (χ4v) is 2.12. The minimum Gasteiger partial charge on any atom is -0.497 e. The second-order valence-corrected chi connectivity index (χ2v) is 4.77. The Hall–Kier alpha value is -3.36. The lowest BCUT2D eigenvalue weighted by Crippen LogP contribution is -2.13. The van der Waals surface area contributed by atoms with Crippen molar-refractivity contribution in [2.24, 2.45) is 7.05 Å². The fourth-order valence-electron chi connectivity index (χ4n) is 2.12. The molecular formula is C15H15N5O4. The molecule has 0 saturated carbocycles. The van der Waals surface area contributed by atoms with Crippen molar-refractivity contribution in [1.82, 2.24) is 20.0 Å². The number of aromatic nitrogens is 4. The van der Waals surface area contributed by atoms with Crippen LogP contribution in [0.2, 0.25) is 0 Å². The highest BCUT2D eigenvalue weighted by Gasteiger charge is 2.18. The maximum absolute atomic E-state index is 12.4. The first-order chi connectivity index (χ1) is 11.6. The molecule has 3 aromatic rings. The molecule has 1 amide bonds. The Balaban J connectivity index is 1.83. The molecule has 0 aliphatic carbocycles. The highest BCUT2D eigenvalue weighted by Crippen LogP contribution is 2.25. The number of nitrogens with one attached hydrogen (secondary N) is 1. The van der Waals surface area contributed by atoms with Crippen LogP contribution in [0.3, 0.4) is 0 Å². The van der Waals surface area contributed by atoms with Crippen molar-refractivity contribution in [2.75, 3.05) is 19.5 Å². The van der Waals surface area contributed by atoms with Crippen molar-refractivity contribution >= 4 is 11.9 Å². The van der Waals surface area contributed by atoms with Crippen LogP contribution in [0.15, 0.2) is 34.9 Å². The van der Waals surface area contributed by atoms with Crippen LogP contribution < -0.4 is 14.8 Å². The van der Waals surface area contributed by atoms with E-state index < -0.39 is 5.91 Å². The van der Waals surface area contributed by atoms with E-state index in [-0.39, 0.29) is 17.5 Å². The third-order valence-corrected chi connectivity index (χ3v) is 3.34. The lowest BCUT2D eigenvalue weighted by Gasteiger charge is -2.09. The average molecular weight is 329 g/mol. The zero-order chi connectivity index (χ0) is 17.1. The Kier molecular flexibility index (Phi) is 4.15. The standard InChI is InChI=1S/C15H15N5O4/c1-20-11(6-7-16-20)14-18-19-15(24-14)17-13(21)10-8-9(22-2)4-5-12(10)23-3/h4-8H,1-3H3,(H,17,19,21). The third kappa shape index (κ3) is 2.91. The summed E-state index contributed by atoms with van der Waals surface area (Å²) in [6.45, 7) is 0. The van der Waals surface area contributed by atoms with Crippen molar-refractivity contribution < 1.29 is 18.7 Å². The summed E-state index contributed by atoms with van der Waals surface area (Å²) in [5.74, 6) is 0.732. The number of methoxy groups -OCH3 is 2. The first-order valence-corrected chi connectivity index (χ1v) is 6.97. The van der Waals surface area contributed by atoms with Crippen LogP contribution in [0.1, 0.15) is 10.4 Å². The number of hydrogen-bond acceptors (Lipinski definition) is 7. The molecule has 2 heterocycles. The van der Waals surface area contributed by atoms with Crippen LogP contribution in [0.5, 0.6) is 11.5 Å². The van der Waals surface area contributed by atoms with Gasteiger partial charge in [-0.25, -0.2) is 0 Å². The van der Waals surface area contributed by atoms with Gasteiger partial charge in [0.15, 0.2) is 0 Å². The van der Waals surface area contributed by atoms with Gasteiger partial charge in [-0.3, -0.25) is 14.8 Å². The summed E-state index contributed by atoms with van der Waals surface area (Å²) in [5, 5.41) is 14.3. The third-order valence-electron chi connectivity index (χ3n) is 3.34. The van der Waals surface area contributed by atoms with E-state index in [4.69, 9.17) is 13.9 Å². The van der Waals surface area contributed by atoms with Gasteiger partial charge in [-0.05, 0) is 24.3 Å². The minimum atomic E-state index is -0.453. The summed E-state index contributed by atoms with van der Waals surface area (Å²) >= 11 is 0. The Bertz CT molecular complexity index is 870. The van der Waals surface area contributed by atoms with Crippen molar-refractivity contribution in [3.63, 3.8) is 0 Å². The number of anilines is 1. The SMILES string of the molecule is COc1ccc(OC)c(C(=O)Nc2nnc(-c3ccnn3C)o2)c1. The number of hydrogen-bond donors (Lipinski definition) is 1. The largest absolute Gasteiger partial charge is 0.497 e. The van der Waals surface area contributed by atoms with Gasteiger partial charge in [0.05, 0.1) is 19.8 Å². The summed E-state index contributed by atoms with van der Waals surface area (Å²) in [6, 6.07) is 6.60. The second-order valence-electron chi connectivity index (χ2n) is 4.77. The molecule has 9 nitrogen and oxygen atoms in total. The van der Waals surface area contributed by atoms with Crippen molar-refractivity contribution in [3.05, 3.63) is 36.0 Å². The van der Waals surface area contributed by atoms with Crippen LogP contribution in [-0.4, -0.2) is 40.1 Å². The van der Waals surface area contributed by atoms with Gasteiger partial charge in [0.2, 0.25) is 0 Å². The number of carbonyl (C=O) groups excluding carboxylic acids is 1. The van der Waals surface area contributed by atoms with E-state index in [1.54, 1.807) is 42.2 Å². The number of carbonyl (C=O) groups is 1. The van der Waals surface area contributed by atoms with Crippen molar-refractivity contribution in [1.29, 1.82) is 0 Å². The molecule has 2 aromatic heterocycles. The highest BCUT2D eigenvalue weighted by molar-refractivity contribution is 6.05. The van der Waals surface area contributed by atoms with Crippen LogP contribution in [-0.2, 0) is 7.05 Å². The van der Waals surface area contributed by atoms with Crippen LogP contribution in [0.4, 0.5) is 6.01 Å². The van der Waals surface area contributed by atoms with Crippen LogP contribution in [0, 0.1) is 0 Å². The smallest absolute Gasteiger partial charge is 0.322 e. The van der Waals surface area contributed by atoms with Gasteiger partial charge in [-0.15, -0.1) is 5.10 Å². The molecule has 1 aromatic carbocycles. The zero-order valence-corrected chi connectivity index (χ0v) is 13.3. The zero-order valence-electron chi connectivity index (χ0n) is 13.3. The molecule has 0 bridgehead atoms. The van der Waals surface area contributed by atoms with E-state index in [0.717, 1.165) is 0 Å². The Morgan fingerprint density at radius 1 is 1.21 bits per heavy atom. The van der Waals surface area contributed by atoms with Crippen molar-refractivity contribution in [2.45, 2.75) is 0 Å². The molecule has 0 spiro atoms. The normalized spacial score (nSPS) is 10.5. The van der Waals surface area contributed by atoms with E-state index in [2.05, 4.69) is 20.6 Å². The molecule has 9 heteroatoms. The summed E-state index contributed by atoms with van der Waals surface area (Å²) in [4.78, 5) is 12.4. The summed E-state index contributed by atoms with van der Waals surface area (Å²) in [5.41, 5.74) is 0.930. The van der Waals surface area contributed by atoms with Gasteiger partial charge < -0.3 is 13.9 Å². The number of ether oxygens (including phenoxy) is 2. The number of benzene rings is 1. The van der Waals surface area contributed by atoms with E-state index in [1.807, 2.05) is 0 Å². The second kappa shape index (κ2) is 6.41. The molecule has 0 atom stereocenters. The number of rotatable bonds is 5. The van der Waals surface area contributed by atoms with Gasteiger partial charge >= 0.3 is 6.01 Å². The van der Waals surface area contributed by atoms with E-state index in [1.165, 1.54) is 14.2 Å². The van der Waals surface area contributed by atoms with E-state index in [9.17, 15) is 4.79 Å². The number of amides is 1. The molecular weight excluding hydrogens is 314 g/mol. The Morgan fingerprint density at radius 3 is 2.71 bits per heavy atom. The van der Waals surface area contributed by atoms with Crippen molar-refractivity contribution in [3.8, 4) is 23.1 Å². The van der Waals surface area contributed by atoms with Gasteiger partial charge in [0.1, 0.15) is 17.2 Å². The first kappa shape index (κ1) is 15.5. The average Bonchev–Trinajstić information content (AvgIpc) is 3.22. The number of nitrogens with zero attached hydrogens (tertiary/aromatic N) is 4. The van der Waals surface area contributed by atoms with Gasteiger partial charge in [0.25, 0.3) is 11.8 Å². The molecule has 0 fully saturated rings. The Morgan fingerprint density at radius 2 is 2.04 bits per heavy atom. The van der Waals surface area contributed by atoms with E-state index in [0.29, 0.717) is 17.2 Å². The first-order valence-electron chi connectivity index (χ1n) is 6.97. The predicted octanol–water partition coefficient (Wildman–Crippen LogP) is 1.74. The maximum Gasteiger partial charge on any atom is 0.322 e. The topological polar surface area (TPSA) is 104 Å². The summed E-state index contributed by atoms with van der Waals surface area (Å²) < 4.78 is 17.3. The van der Waals surface area contributed by atoms with Gasteiger partial charge in [-0.2, -0.15) is 5.10 Å². The monoisotopic (exact) mass is 329 g/mol. The lowest BCUT2D eigenvalue weighted by molar-refractivity contribution is 0.102. The van der Waals surface area contributed by atoms with Gasteiger partial charge in [0, 0.05) is 13.2 Å². The molecule has 0 unspecified atom stereocenters. The van der Waals surface area contributed by atoms with Gasteiger partial charge in [-0.1, -0.05) is 5.10 Å². The van der Waals surface area contributed by atoms with Crippen LogP contribution >= 0.6 is 0 Å². The predicted molar refractivity (Wildman–Crippen MR) is 84.0 cm³/mol. The summed E-state index contributed by atoms with van der Waals surface area (Å²) in [6.07, 6.45) is 1.61. The molecule has 0 aliphatic rings. The molecule has 0 aliphatic heterocycles. The quantitative estimate of drug-likeness (QED) is 0.760. The molecule has 0 saturated heterocycles. The lowest BCUT2D eigenvalue weighted by atomic mass is 10.1. The van der Waals surface area contributed by atoms with E-state index >= 15 is 0 Å².